The molecule has 1 aromatic carbocycles. The van der Waals surface area contributed by atoms with Gasteiger partial charge in [0.25, 0.3) is 0 Å². The fourth-order valence-corrected chi connectivity index (χ4v) is 4.60. The van der Waals surface area contributed by atoms with Crippen molar-refractivity contribution >= 4 is 5.57 Å². The molecule has 134 valence electrons. The molecule has 0 N–H and O–H groups in total. The number of hydrogen-bond acceptors (Lipinski definition) is 0. The van der Waals surface area contributed by atoms with Gasteiger partial charge in [0.15, 0.2) is 0 Å². The molecule has 0 amide bonds. The van der Waals surface area contributed by atoms with Crippen molar-refractivity contribution in [2.24, 2.45) is 23.7 Å². The van der Waals surface area contributed by atoms with Gasteiger partial charge in [0.1, 0.15) is 0 Å². The third-order valence-corrected chi connectivity index (χ3v) is 6.45. The van der Waals surface area contributed by atoms with Crippen molar-refractivity contribution in [1.29, 1.82) is 0 Å². The Hall–Kier alpha value is -1.04. The second-order valence-electron chi connectivity index (χ2n) is 8.34. The lowest BCUT2D eigenvalue weighted by Gasteiger charge is -2.37. The minimum atomic E-state index is 0.594. The number of benzene rings is 1. The molecule has 24 heavy (non-hydrogen) atoms. The molecule has 1 saturated carbocycles. The van der Waals surface area contributed by atoms with Gasteiger partial charge in [0.2, 0.25) is 0 Å². The van der Waals surface area contributed by atoms with E-state index in [0.717, 1.165) is 17.8 Å². The second kappa shape index (κ2) is 9.44. The highest BCUT2D eigenvalue weighted by atomic mass is 14.4. The van der Waals surface area contributed by atoms with E-state index < -0.39 is 0 Å². The van der Waals surface area contributed by atoms with Crippen molar-refractivity contribution in [3.05, 3.63) is 42.0 Å². The maximum Gasteiger partial charge on any atom is -0.0190 e. The Balaban J connectivity index is 1.90. The van der Waals surface area contributed by atoms with Crippen LogP contribution < -0.4 is 0 Å². The first-order valence-electron chi connectivity index (χ1n) is 10.3. The minimum absolute atomic E-state index is 0.594. The topological polar surface area (TPSA) is 0 Å². The molecule has 0 radical (unpaired) electrons. The average Bonchev–Trinajstić information content (AvgIpc) is 2.59. The molecule has 4 atom stereocenters. The maximum absolute atomic E-state index is 4.40. The molecule has 0 heterocycles. The van der Waals surface area contributed by atoms with Crippen LogP contribution in [0.15, 0.2) is 30.8 Å². The summed E-state index contributed by atoms with van der Waals surface area (Å²) in [5.41, 5.74) is 3.98. The van der Waals surface area contributed by atoms with Gasteiger partial charge in [0, 0.05) is 0 Å². The van der Waals surface area contributed by atoms with Gasteiger partial charge in [-0.1, -0.05) is 89.3 Å². The summed E-state index contributed by atoms with van der Waals surface area (Å²) in [7, 11) is 0. The number of allylic oxidation sites excluding steroid dienone is 1. The quantitative estimate of drug-likeness (QED) is 0.460. The van der Waals surface area contributed by atoms with Crippen molar-refractivity contribution in [1.82, 2.24) is 0 Å². The van der Waals surface area contributed by atoms with Gasteiger partial charge in [-0.3, -0.25) is 0 Å². The first-order valence-corrected chi connectivity index (χ1v) is 10.3. The summed E-state index contributed by atoms with van der Waals surface area (Å²) in [4.78, 5) is 0. The predicted octanol–water partition coefficient (Wildman–Crippen LogP) is 7.67. The Morgan fingerprint density at radius 3 is 2.54 bits per heavy atom. The van der Waals surface area contributed by atoms with Crippen molar-refractivity contribution in [2.75, 3.05) is 0 Å². The Morgan fingerprint density at radius 2 is 1.88 bits per heavy atom. The second-order valence-corrected chi connectivity index (χ2v) is 8.34. The summed E-state index contributed by atoms with van der Waals surface area (Å²) in [6.07, 6.45) is 11.3. The van der Waals surface area contributed by atoms with E-state index in [2.05, 4.69) is 58.5 Å². The van der Waals surface area contributed by atoms with E-state index >= 15 is 0 Å². The number of aryl methyl sites for hydroxylation is 1. The van der Waals surface area contributed by atoms with E-state index in [-0.39, 0.29) is 0 Å². The van der Waals surface area contributed by atoms with Crippen molar-refractivity contribution < 1.29 is 0 Å². The highest BCUT2D eigenvalue weighted by Crippen LogP contribution is 2.41. The summed E-state index contributed by atoms with van der Waals surface area (Å²) >= 11 is 0. The molecule has 0 spiro atoms. The Kier molecular flexibility index (Phi) is 7.59. The summed E-state index contributed by atoms with van der Waals surface area (Å²) in [5.74, 6) is 3.45. The standard InChI is InChI=1S/C24H38/c1-6-7-11-24-20(4)9-8-10-23(24)17-14-19(3)21(5)22-15-12-18(2)13-16-22/h12-13,15-16,19-20,23-24H,5-11,14,17H2,1-4H3. The zero-order valence-corrected chi connectivity index (χ0v) is 16.5. The number of hydrogen-bond donors (Lipinski definition) is 0. The molecule has 0 heteroatoms. The normalized spacial score (nSPS) is 25.4. The van der Waals surface area contributed by atoms with Crippen LogP contribution in [0.3, 0.4) is 0 Å². The van der Waals surface area contributed by atoms with Crippen molar-refractivity contribution in [3.63, 3.8) is 0 Å². The van der Waals surface area contributed by atoms with Gasteiger partial charge >= 0.3 is 0 Å². The molecule has 0 nitrogen and oxygen atoms in total. The van der Waals surface area contributed by atoms with Crippen LogP contribution in [0.2, 0.25) is 0 Å². The average molecular weight is 327 g/mol. The molecule has 1 aliphatic rings. The first kappa shape index (κ1) is 19.3. The van der Waals surface area contributed by atoms with E-state index in [0.29, 0.717) is 5.92 Å². The highest BCUT2D eigenvalue weighted by molar-refractivity contribution is 5.65. The number of rotatable bonds is 8. The molecule has 0 aliphatic heterocycles. The van der Waals surface area contributed by atoms with Crippen LogP contribution in [0, 0.1) is 30.6 Å². The third-order valence-electron chi connectivity index (χ3n) is 6.45. The van der Waals surface area contributed by atoms with Crippen molar-refractivity contribution in [3.8, 4) is 0 Å². The maximum atomic E-state index is 4.40. The molecule has 0 aromatic heterocycles. The predicted molar refractivity (Wildman–Crippen MR) is 108 cm³/mol. The molecule has 0 saturated heterocycles. The van der Waals surface area contributed by atoms with Crippen LogP contribution in [-0.4, -0.2) is 0 Å². The highest BCUT2D eigenvalue weighted by Gasteiger charge is 2.30. The van der Waals surface area contributed by atoms with Crippen LogP contribution in [0.5, 0.6) is 0 Å². The lowest BCUT2D eigenvalue weighted by atomic mass is 9.68. The molecular formula is C24H38. The van der Waals surface area contributed by atoms with Crippen LogP contribution >= 0.6 is 0 Å². The zero-order valence-electron chi connectivity index (χ0n) is 16.5. The molecule has 1 aliphatic carbocycles. The Bertz CT molecular complexity index is 495. The monoisotopic (exact) mass is 326 g/mol. The SMILES string of the molecule is C=C(c1ccc(C)cc1)C(C)CCC1CCCC(C)C1CCCC. The van der Waals surface area contributed by atoms with Gasteiger partial charge < -0.3 is 0 Å². The van der Waals surface area contributed by atoms with E-state index in [4.69, 9.17) is 0 Å². The molecule has 2 rings (SSSR count). The molecule has 1 aromatic rings. The van der Waals surface area contributed by atoms with Gasteiger partial charge in [0.05, 0.1) is 0 Å². The molecule has 4 unspecified atom stereocenters. The molecule has 0 bridgehead atoms. The summed E-state index contributed by atoms with van der Waals surface area (Å²) in [6.45, 7) is 13.8. The Labute approximate surface area is 150 Å². The van der Waals surface area contributed by atoms with Gasteiger partial charge in [-0.25, -0.2) is 0 Å². The molecule has 1 fully saturated rings. The Morgan fingerprint density at radius 1 is 1.17 bits per heavy atom. The van der Waals surface area contributed by atoms with E-state index in [1.807, 2.05) is 0 Å². The van der Waals surface area contributed by atoms with Crippen LogP contribution in [0.4, 0.5) is 0 Å². The van der Waals surface area contributed by atoms with E-state index in [9.17, 15) is 0 Å². The first-order chi connectivity index (χ1) is 11.5. The number of unbranched alkanes of at least 4 members (excludes halogenated alkanes) is 1. The summed E-state index contributed by atoms with van der Waals surface area (Å²) < 4.78 is 0. The van der Waals surface area contributed by atoms with Gasteiger partial charge in [-0.2, -0.15) is 0 Å². The fourth-order valence-electron chi connectivity index (χ4n) is 4.60. The zero-order chi connectivity index (χ0) is 17.5. The minimum Gasteiger partial charge on any atom is -0.0950 e. The van der Waals surface area contributed by atoms with E-state index in [1.54, 1.807) is 0 Å². The summed E-state index contributed by atoms with van der Waals surface area (Å²) in [6, 6.07) is 8.88. The smallest absolute Gasteiger partial charge is 0.0190 e. The van der Waals surface area contributed by atoms with Crippen LogP contribution in [0.1, 0.15) is 83.3 Å². The van der Waals surface area contributed by atoms with E-state index in [1.165, 1.54) is 68.1 Å². The van der Waals surface area contributed by atoms with Crippen LogP contribution in [-0.2, 0) is 0 Å². The molecular weight excluding hydrogens is 288 g/mol. The third kappa shape index (κ3) is 5.23. The summed E-state index contributed by atoms with van der Waals surface area (Å²) in [5, 5.41) is 0. The van der Waals surface area contributed by atoms with Crippen molar-refractivity contribution in [2.45, 2.75) is 79.1 Å². The van der Waals surface area contributed by atoms with Gasteiger partial charge in [-0.15, -0.1) is 0 Å². The fraction of sp³-hybridized carbons (Fsp3) is 0.667. The van der Waals surface area contributed by atoms with Crippen LogP contribution in [0.25, 0.3) is 5.57 Å². The van der Waals surface area contributed by atoms with Gasteiger partial charge in [-0.05, 0) is 61.0 Å². The lowest BCUT2D eigenvalue weighted by molar-refractivity contribution is 0.139. The largest absolute Gasteiger partial charge is 0.0950 e. The lowest BCUT2D eigenvalue weighted by Crippen LogP contribution is -2.27.